The fraction of sp³-hybridized carbons (Fsp3) is 0.467. The van der Waals surface area contributed by atoms with Crippen LogP contribution in [-0.4, -0.2) is 17.0 Å². The molecule has 1 aromatic carbocycles. The van der Waals surface area contributed by atoms with Crippen molar-refractivity contribution in [2.45, 2.75) is 33.2 Å². The lowest BCUT2D eigenvalue weighted by Crippen LogP contribution is -2.09. The highest BCUT2D eigenvalue weighted by molar-refractivity contribution is 8.14. The number of rotatable bonds is 3. The second-order valence-corrected chi connectivity index (χ2v) is 6.83. The van der Waals surface area contributed by atoms with Crippen LogP contribution in [0.5, 0.6) is 0 Å². The molecule has 1 unspecified atom stereocenters. The molecule has 0 saturated carbocycles. The number of amidine groups is 1. The van der Waals surface area contributed by atoms with Crippen molar-refractivity contribution in [3.63, 3.8) is 0 Å². The van der Waals surface area contributed by atoms with Crippen molar-refractivity contribution in [2.24, 2.45) is 10.9 Å². The first-order chi connectivity index (χ1) is 9.49. The van der Waals surface area contributed by atoms with Crippen LogP contribution in [0.3, 0.4) is 0 Å². The Morgan fingerprint density at radius 3 is 2.90 bits per heavy atom. The molecule has 0 saturated heterocycles. The highest BCUT2D eigenvalue weighted by Gasteiger charge is 2.20. The summed E-state index contributed by atoms with van der Waals surface area (Å²) in [5, 5.41) is 13.7. The van der Waals surface area contributed by atoms with E-state index in [1.54, 1.807) is 17.8 Å². The lowest BCUT2D eigenvalue weighted by molar-refractivity contribution is 0.529. The summed E-state index contributed by atoms with van der Waals surface area (Å²) in [6.45, 7) is 6.38. The van der Waals surface area contributed by atoms with Crippen LogP contribution >= 0.6 is 23.4 Å². The normalized spacial score (nSPS) is 18.0. The molecule has 0 amide bonds. The average molecular weight is 308 g/mol. The molecule has 0 bridgehead atoms. The van der Waals surface area contributed by atoms with Crippen molar-refractivity contribution in [3.8, 4) is 6.07 Å². The standard InChI is InChI=1S/C15H18ClN3S/c1-9(2)4-12-8-20-15(18-12)19-14-10(3)5-11(7-17)6-13(14)16/h5-6,9,12H,4,8H2,1-3H3,(H,18,19). The molecule has 0 fully saturated rings. The minimum atomic E-state index is 0.389. The van der Waals surface area contributed by atoms with Crippen LogP contribution in [-0.2, 0) is 0 Å². The lowest BCUT2D eigenvalue weighted by Gasteiger charge is -2.11. The van der Waals surface area contributed by atoms with Crippen LogP contribution in [0.4, 0.5) is 5.69 Å². The molecule has 3 nitrogen and oxygen atoms in total. The van der Waals surface area contributed by atoms with E-state index in [1.165, 1.54) is 0 Å². The summed E-state index contributed by atoms with van der Waals surface area (Å²) in [6.07, 6.45) is 1.11. The van der Waals surface area contributed by atoms with Gasteiger partial charge in [0.15, 0.2) is 5.17 Å². The van der Waals surface area contributed by atoms with E-state index in [2.05, 4.69) is 25.2 Å². The van der Waals surface area contributed by atoms with Gasteiger partial charge >= 0.3 is 0 Å². The minimum Gasteiger partial charge on any atom is -0.334 e. The van der Waals surface area contributed by atoms with E-state index in [4.69, 9.17) is 21.9 Å². The van der Waals surface area contributed by atoms with Gasteiger partial charge in [0.1, 0.15) is 0 Å². The molecule has 106 valence electrons. The molecule has 1 atom stereocenters. The zero-order valence-corrected chi connectivity index (χ0v) is 13.5. The second kappa shape index (κ2) is 6.51. The Bertz CT molecular complexity index is 552. The van der Waals surface area contributed by atoms with Crippen molar-refractivity contribution in [1.82, 2.24) is 0 Å². The monoisotopic (exact) mass is 307 g/mol. The van der Waals surface area contributed by atoms with Crippen molar-refractivity contribution in [3.05, 3.63) is 28.3 Å². The van der Waals surface area contributed by atoms with Gasteiger partial charge in [-0.25, -0.2) is 0 Å². The maximum Gasteiger partial charge on any atom is 0.161 e. The number of hydrogen-bond donors (Lipinski definition) is 1. The summed E-state index contributed by atoms with van der Waals surface area (Å²) in [6, 6.07) is 6.02. The molecule has 1 aromatic rings. The van der Waals surface area contributed by atoms with Gasteiger partial charge in [-0.1, -0.05) is 37.2 Å². The Balaban J connectivity index is 2.14. The minimum absolute atomic E-state index is 0.389. The summed E-state index contributed by atoms with van der Waals surface area (Å²) in [5.41, 5.74) is 2.39. The summed E-state index contributed by atoms with van der Waals surface area (Å²) >= 11 is 7.96. The lowest BCUT2D eigenvalue weighted by atomic mass is 10.1. The van der Waals surface area contributed by atoms with Crippen molar-refractivity contribution in [2.75, 3.05) is 11.1 Å². The Morgan fingerprint density at radius 1 is 1.55 bits per heavy atom. The predicted octanol–water partition coefficient (Wildman–Crippen LogP) is 4.45. The van der Waals surface area contributed by atoms with Gasteiger partial charge in [0.25, 0.3) is 0 Å². The van der Waals surface area contributed by atoms with E-state index < -0.39 is 0 Å². The Labute approximate surface area is 129 Å². The first-order valence-corrected chi connectivity index (χ1v) is 8.03. The molecule has 1 N–H and O–H groups in total. The third-order valence-electron chi connectivity index (χ3n) is 3.10. The van der Waals surface area contributed by atoms with Crippen molar-refractivity contribution >= 4 is 34.2 Å². The largest absolute Gasteiger partial charge is 0.334 e. The van der Waals surface area contributed by atoms with Gasteiger partial charge in [-0.15, -0.1) is 0 Å². The third-order valence-corrected chi connectivity index (χ3v) is 4.43. The molecule has 1 heterocycles. The first kappa shape index (κ1) is 15.2. The number of nitrogens with zero attached hydrogens (tertiary/aromatic N) is 2. The molecule has 0 aliphatic carbocycles. The van der Waals surface area contributed by atoms with E-state index in [0.717, 1.165) is 28.6 Å². The van der Waals surface area contributed by atoms with Gasteiger partial charge in [-0.05, 0) is 37.0 Å². The maximum absolute atomic E-state index is 8.92. The number of nitriles is 1. The number of thioether (sulfide) groups is 1. The quantitative estimate of drug-likeness (QED) is 0.897. The Kier molecular flexibility index (Phi) is 4.95. The van der Waals surface area contributed by atoms with E-state index in [0.29, 0.717) is 22.5 Å². The number of aliphatic imine (C=N–C) groups is 1. The molecule has 0 aromatic heterocycles. The number of anilines is 1. The van der Waals surface area contributed by atoms with E-state index in [9.17, 15) is 0 Å². The van der Waals surface area contributed by atoms with Gasteiger partial charge < -0.3 is 5.32 Å². The van der Waals surface area contributed by atoms with E-state index >= 15 is 0 Å². The third kappa shape index (κ3) is 3.68. The van der Waals surface area contributed by atoms with Gasteiger partial charge in [-0.2, -0.15) is 5.26 Å². The van der Waals surface area contributed by atoms with E-state index in [-0.39, 0.29) is 0 Å². The van der Waals surface area contributed by atoms with Crippen LogP contribution in [0.25, 0.3) is 0 Å². The Hall–Kier alpha value is -1.18. The second-order valence-electron chi connectivity index (χ2n) is 5.42. The number of nitrogens with one attached hydrogen (secondary N) is 1. The molecular formula is C15H18ClN3S. The fourth-order valence-corrected chi connectivity index (χ4v) is 3.50. The van der Waals surface area contributed by atoms with Gasteiger partial charge in [0, 0.05) is 5.75 Å². The molecule has 5 heteroatoms. The molecule has 1 aliphatic heterocycles. The number of benzene rings is 1. The van der Waals surface area contributed by atoms with Crippen LogP contribution in [0.15, 0.2) is 17.1 Å². The van der Waals surface area contributed by atoms with Gasteiger partial charge in [0.05, 0.1) is 28.4 Å². The van der Waals surface area contributed by atoms with Crippen molar-refractivity contribution < 1.29 is 0 Å². The maximum atomic E-state index is 8.92. The smallest absolute Gasteiger partial charge is 0.161 e. The molecule has 0 radical (unpaired) electrons. The SMILES string of the molecule is Cc1cc(C#N)cc(Cl)c1NC1=NC(CC(C)C)CS1. The highest BCUT2D eigenvalue weighted by atomic mass is 35.5. The van der Waals surface area contributed by atoms with Crippen LogP contribution < -0.4 is 5.32 Å². The van der Waals surface area contributed by atoms with Crippen LogP contribution in [0.1, 0.15) is 31.4 Å². The molecule has 1 aliphatic rings. The summed E-state index contributed by atoms with van der Waals surface area (Å²) in [4.78, 5) is 4.69. The predicted molar refractivity (Wildman–Crippen MR) is 87.7 cm³/mol. The Morgan fingerprint density at radius 2 is 2.30 bits per heavy atom. The number of hydrogen-bond acceptors (Lipinski definition) is 4. The van der Waals surface area contributed by atoms with Crippen LogP contribution in [0.2, 0.25) is 5.02 Å². The van der Waals surface area contributed by atoms with Gasteiger partial charge in [-0.3, -0.25) is 4.99 Å². The summed E-state index contributed by atoms with van der Waals surface area (Å²) in [5.74, 6) is 1.68. The molecular weight excluding hydrogens is 290 g/mol. The van der Waals surface area contributed by atoms with Gasteiger partial charge in [0.2, 0.25) is 0 Å². The van der Waals surface area contributed by atoms with Crippen LogP contribution in [0, 0.1) is 24.2 Å². The molecule has 0 spiro atoms. The number of aryl methyl sites for hydroxylation is 1. The highest BCUT2D eigenvalue weighted by Crippen LogP contribution is 2.30. The summed E-state index contributed by atoms with van der Waals surface area (Å²) in [7, 11) is 0. The average Bonchev–Trinajstić information content (AvgIpc) is 2.80. The zero-order chi connectivity index (χ0) is 14.7. The molecule has 2 rings (SSSR count). The molecule has 20 heavy (non-hydrogen) atoms. The topological polar surface area (TPSA) is 48.2 Å². The fourth-order valence-electron chi connectivity index (χ4n) is 2.22. The zero-order valence-electron chi connectivity index (χ0n) is 11.9. The first-order valence-electron chi connectivity index (χ1n) is 6.67. The summed E-state index contributed by atoms with van der Waals surface area (Å²) < 4.78 is 0. The van der Waals surface area contributed by atoms with E-state index in [1.807, 2.05) is 13.0 Å². The van der Waals surface area contributed by atoms with Crippen molar-refractivity contribution in [1.29, 1.82) is 5.26 Å². The number of halogens is 1.